The van der Waals surface area contributed by atoms with Crippen LogP contribution in [0.25, 0.3) is 0 Å². The molecule has 0 radical (unpaired) electrons. The zero-order valence-electron chi connectivity index (χ0n) is 13.2. The minimum atomic E-state index is -4.43. The summed E-state index contributed by atoms with van der Waals surface area (Å²) in [7, 11) is 2.04. The van der Waals surface area contributed by atoms with E-state index in [1.165, 1.54) is 17.7 Å². The van der Waals surface area contributed by atoms with Crippen LogP contribution in [0.5, 0.6) is 0 Å². The smallest absolute Gasteiger partial charge is 0.366 e. The van der Waals surface area contributed by atoms with E-state index in [0.29, 0.717) is 6.54 Å². The summed E-state index contributed by atoms with van der Waals surface area (Å²) >= 11 is 0. The molecule has 0 unspecified atom stereocenters. The summed E-state index contributed by atoms with van der Waals surface area (Å²) < 4.78 is 37.9. The Balaban J connectivity index is 2.02. The number of alkyl halides is 3. The van der Waals surface area contributed by atoms with Gasteiger partial charge in [-0.05, 0) is 36.9 Å². The monoisotopic (exact) mass is 323 g/mol. The Bertz CT molecular complexity index is 641. The molecule has 2 aromatic rings. The Morgan fingerprint density at radius 2 is 1.78 bits per heavy atom. The Morgan fingerprint density at radius 1 is 1.09 bits per heavy atom. The van der Waals surface area contributed by atoms with Crippen molar-refractivity contribution in [3.63, 3.8) is 0 Å². The molecule has 0 saturated carbocycles. The summed E-state index contributed by atoms with van der Waals surface area (Å²) in [6.07, 6.45) is -4.43. The number of hydrogen-bond acceptors (Lipinski definition) is 3. The number of nitrogens with zero attached hydrogens (tertiary/aromatic N) is 2. The fourth-order valence-electron chi connectivity index (χ4n) is 2.15. The first-order valence-electron chi connectivity index (χ1n) is 7.43. The highest BCUT2D eigenvalue weighted by atomic mass is 19.4. The van der Waals surface area contributed by atoms with Gasteiger partial charge in [-0.25, -0.2) is 4.98 Å². The summed E-state index contributed by atoms with van der Waals surface area (Å²) in [5.41, 5.74) is 1.29. The van der Waals surface area contributed by atoms with E-state index >= 15 is 0 Å². The number of rotatable bonds is 6. The molecule has 1 aromatic heterocycles. The number of halogens is 3. The van der Waals surface area contributed by atoms with Gasteiger partial charge in [-0.3, -0.25) is 0 Å². The molecule has 0 atom stereocenters. The van der Waals surface area contributed by atoms with Crippen molar-refractivity contribution >= 4 is 5.82 Å². The Kier molecular flexibility index (Phi) is 5.60. The van der Waals surface area contributed by atoms with Gasteiger partial charge in [-0.1, -0.05) is 37.3 Å². The largest absolute Gasteiger partial charge is 0.433 e. The van der Waals surface area contributed by atoms with E-state index in [-0.39, 0.29) is 5.82 Å². The molecule has 6 heteroatoms. The van der Waals surface area contributed by atoms with Crippen LogP contribution in [-0.4, -0.2) is 23.5 Å². The van der Waals surface area contributed by atoms with Gasteiger partial charge < -0.3 is 10.2 Å². The maximum Gasteiger partial charge on any atom is 0.433 e. The first kappa shape index (κ1) is 17.3. The second-order valence-corrected chi connectivity index (χ2v) is 5.41. The van der Waals surface area contributed by atoms with Crippen molar-refractivity contribution in [1.29, 1.82) is 0 Å². The minimum absolute atomic E-state index is 0.218. The van der Waals surface area contributed by atoms with E-state index in [0.717, 1.165) is 24.7 Å². The van der Waals surface area contributed by atoms with Crippen LogP contribution in [-0.2, 0) is 19.3 Å². The first-order valence-corrected chi connectivity index (χ1v) is 7.43. The maximum atomic E-state index is 12.6. The minimum Gasteiger partial charge on any atom is -0.366 e. The number of nitrogens with one attached hydrogen (secondary N) is 1. The van der Waals surface area contributed by atoms with Crippen LogP contribution >= 0.6 is 0 Å². The summed E-state index contributed by atoms with van der Waals surface area (Å²) in [5, 5.41) is 2.94. The van der Waals surface area contributed by atoms with Gasteiger partial charge >= 0.3 is 6.18 Å². The molecule has 0 bridgehead atoms. The summed E-state index contributed by atoms with van der Waals surface area (Å²) in [6, 6.07) is 11.8. The van der Waals surface area contributed by atoms with Crippen LogP contribution < -0.4 is 5.32 Å². The molecule has 0 saturated heterocycles. The second kappa shape index (κ2) is 7.46. The number of aromatic nitrogens is 1. The van der Waals surface area contributed by atoms with Gasteiger partial charge in [0.25, 0.3) is 0 Å². The van der Waals surface area contributed by atoms with Crippen LogP contribution in [0.4, 0.5) is 19.0 Å². The molecular formula is C17H20F3N3. The first-order chi connectivity index (χ1) is 10.9. The van der Waals surface area contributed by atoms with Crippen molar-refractivity contribution in [2.24, 2.45) is 0 Å². The summed E-state index contributed by atoms with van der Waals surface area (Å²) in [4.78, 5) is 5.78. The number of benzene rings is 1. The third kappa shape index (κ3) is 5.25. The van der Waals surface area contributed by atoms with E-state index in [1.807, 2.05) is 31.3 Å². The van der Waals surface area contributed by atoms with Crippen molar-refractivity contribution in [3.8, 4) is 0 Å². The second-order valence-electron chi connectivity index (χ2n) is 5.41. The van der Waals surface area contributed by atoms with Gasteiger partial charge in [0, 0.05) is 13.1 Å². The molecule has 0 aliphatic heterocycles. The molecule has 0 amide bonds. The van der Waals surface area contributed by atoms with E-state index in [9.17, 15) is 13.2 Å². The van der Waals surface area contributed by atoms with Crippen molar-refractivity contribution < 1.29 is 13.2 Å². The quantitative estimate of drug-likeness (QED) is 0.865. The van der Waals surface area contributed by atoms with Crippen LogP contribution in [0.3, 0.4) is 0 Å². The molecule has 124 valence electrons. The topological polar surface area (TPSA) is 28.2 Å². The van der Waals surface area contributed by atoms with Crippen molar-refractivity contribution in [3.05, 3.63) is 59.3 Å². The van der Waals surface area contributed by atoms with Crippen molar-refractivity contribution in [1.82, 2.24) is 9.88 Å². The predicted octanol–water partition coefficient (Wildman–Crippen LogP) is 4.16. The molecule has 1 aromatic carbocycles. The molecule has 1 N–H and O–H groups in total. The van der Waals surface area contributed by atoms with Crippen LogP contribution in [0.1, 0.15) is 23.7 Å². The molecule has 23 heavy (non-hydrogen) atoms. The fraction of sp³-hybridized carbons (Fsp3) is 0.353. The van der Waals surface area contributed by atoms with E-state index in [1.54, 1.807) is 0 Å². The van der Waals surface area contributed by atoms with Gasteiger partial charge in [0.05, 0.1) is 0 Å². The van der Waals surface area contributed by atoms with E-state index in [2.05, 4.69) is 22.1 Å². The summed E-state index contributed by atoms with van der Waals surface area (Å²) in [6.45, 7) is 4.31. The lowest BCUT2D eigenvalue weighted by molar-refractivity contribution is -0.141. The maximum absolute atomic E-state index is 12.6. The van der Waals surface area contributed by atoms with E-state index < -0.39 is 11.9 Å². The van der Waals surface area contributed by atoms with Gasteiger partial charge in [-0.2, -0.15) is 13.2 Å². The van der Waals surface area contributed by atoms with Crippen LogP contribution in [0, 0.1) is 0 Å². The van der Waals surface area contributed by atoms with Gasteiger partial charge in [0.15, 0.2) is 0 Å². The molecule has 2 rings (SSSR count). The Morgan fingerprint density at radius 3 is 2.48 bits per heavy atom. The van der Waals surface area contributed by atoms with E-state index in [4.69, 9.17) is 0 Å². The predicted molar refractivity (Wildman–Crippen MR) is 85.0 cm³/mol. The molecule has 0 spiro atoms. The molecular weight excluding hydrogens is 303 g/mol. The highest BCUT2D eigenvalue weighted by Crippen LogP contribution is 2.28. The van der Waals surface area contributed by atoms with Gasteiger partial charge in [-0.15, -0.1) is 0 Å². The average Bonchev–Trinajstić information content (AvgIpc) is 2.52. The Labute approximate surface area is 134 Å². The number of anilines is 1. The highest BCUT2D eigenvalue weighted by molar-refractivity contribution is 5.37. The molecule has 0 aliphatic rings. The number of pyridine rings is 1. The fourth-order valence-corrected chi connectivity index (χ4v) is 2.15. The third-order valence-electron chi connectivity index (χ3n) is 3.50. The van der Waals surface area contributed by atoms with Gasteiger partial charge in [0.1, 0.15) is 11.5 Å². The van der Waals surface area contributed by atoms with Crippen LogP contribution in [0.2, 0.25) is 0 Å². The zero-order valence-corrected chi connectivity index (χ0v) is 13.2. The third-order valence-corrected chi connectivity index (χ3v) is 3.50. The van der Waals surface area contributed by atoms with Crippen LogP contribution in [0.15, 0.2) is 42.5 Å². The highest BCUT2D eigenvalue weighted by Gasteiger charge is 2.32. The lowest BCUT2D eigenvalue weighted by Crippen LogP contribution is -2.16. The molecule has 0 fully saturated rings. The summed E-state index contributed by atoms with van der Waals surface area (Å²) in [5.74, 6) is 0.218. The lowest BCUT2D eigenvalue weighted by Gasteiger charge is -2.15. The standard InChI is InChI=1S/C17H20F3N3/c1-3-23(2)12-14-7-4-6-13(10-14)11-21-16-9-5-8-15(22-16)17(18,19)20/h4-10H,3,11-12H2,1-2H3,(H,21,22). The zero-order chi connectivity index (χ0) is 16.9. The number of hydrogen-bond donors (Lipinski definition) is 1. The normalized spacial score (nSPS) is 11.7. The SMILES string of the molecule is CCN(C)Cc1cccc(CNc2cccc(C(F)(F)F)n2)c1. The van der Waals surface area contributed by atoms with Crippen molar-refractivity contribution in [2.45, 2.75) is 26.2 Å². The molecule has 0 aliphatic carbocycles. The van der Waals surface area contributed by atoms with Crippen molar-refractivity contribution in [2.75, 3.05) is 18.9 Å². The van der Waals surface area contributed by atoms with Gasteiger partial charge in [0.2, 0.25) is 0 Å². The molecule has 3 nitrogen and oxygen atoms in total. The lowest BCUT2D eigenvalue weighted by atomic mass is 10.1. The Hall–Kier alpha value is -2.08. The molecule has 1 heterocycles. The average molecular weight is 323 g/mol.